The molecule has 164 valence electrons. The van der Waals surface area contributed by atoms with E-state index in [0.717, 1.165) is 39.2 Å². The number of carboxylic acid groups (broad SMARTS) is 1. The topological polar surface area (TPSA) is 87.5 Å². The van der Waals surface area contributed by atoms with Gasteiger partial charge in [0.05, 0.1) is 23.5 Å². The second-order valence-electron chi connectivity index (χ2n) is 7.62. The number of nitrogens with zero attached hydrogens (tertiary/aromatic N) is 3. The van der Waals surface area contributed by atoms with Crippen LogP contribution in [-0.4, -0.2) is 26.8 Å². The van der Waals surface area contributed by atoms with Crippen LogP contribution in [0.3, 0.4) is 0 Å². The van der Waals surface area contributed by atoms with Crippen LogP contribution in [0.2, 0.25) is 5.02 Å². The average molecular weight is 465 g/mol. The fourth-order valence-corrected chi connectivity index (χ4v) is 4.03. The zero-order valence-corrected chi connectivity index (χ0v) is 18.5. The molecule has 1 aliphatic rings. The highest BCUT2D eigenvalue weighted by atomic mass is 35.5. The minimum atomic E-state index is -0.981. The van der Waals surface area contributed by atoms with E-state index in [0.29, 0.717) is 23.2 Å². The van der Waals surface area contributed by atoms with Gasteiger partial charge >= 0.3 is 5.97 Å². The summed E-state index contributed by atoms with van der Waals surface area (Å²) in [6.45, 7) is 0.378. The number of anilines is 2. The number of hydrogen-bond acceptors (Lipinski definition) is 5. The Balaban J connectivity index is 1.59. The summed E-state index contributed by atoms with van der Waals surface area (Å²) in [7, 11) is 0. The van der Waals surface area contributed by atoms with E-state index in [-0.39, 0.29) is 5.56 Å². The zero-order valence-electron chi connectivity index (χ0n) is 17.8. The van der Waals surface area contributed by atoms with Crippen LogP contribution in [-0.2, 0) is 6.54 Å². The maximum atomic E-state index is 11.1. The molecule has 0 atom stereocenters. The quantitative estimate of drug-likeness (QED) is 0.385. The Bertz CT molecular complexity index is 1500. The molecule has 0 amide bonds. The van der Waals surface area contributed by atoms with E-state index < -0.39 is 5.97 Å². The van der Waals surface area contributed by atoms with Gasteiger partial charge in [-0.2, -0.15) is 0 Å². The molecule has 3 aromatic carbocycles. The molecule has 2 heterocycles. The van der Waals surface area contributed by atoms with Gasteiger partial charge in [0, 0.05) is 44.7 Å². The molecule has 5 rings (SSSR count). The number of rotatable bonds is 4. The van der Waals surface area contributed by atoms with Crippen molar-refractivity contribution in [1.82, 2.24) is 9.97 Å². The maximum absolute atomic E-state index is 11.1. The fourth-order valence-electron chi connectivity index (χ4n) is 3.86. The summed E-state index contributed by atoms with van der Waals surface area (Å²) in [5.41, 5.74) is 6.54. The summed E-state index contributed by atoms with van der Waals surface area (Å²) in [6, 6.07) is 19.7. The molecule has 34 heavy (non-hydrogen) atoms. The zero-order chi connectivity index (χ0) is 23.7. The van der Waals surface area contributed by atoms with Gasteiger partial charge in [-0.1, -0.05) is 41.8 Å². The lowest BCUT2D eigenvalue weighted by molar-refractivity contribution is 0.0697. The Morgan fingerprint density at radius 1 is 1.03 bits per heavy atom. The highest BCUT2D eigenvalue weighted by Gasteiger charge is 2.22. The molecule has 2 N–H and O–H groups in total. The van der Waals surface area contributed by atoms with E-state index in [1.54, 1.807) is 18.3 Å². The van der Waals surface area contributed by atoms with Gasteiger partial charge in [-0.05, 0) is 42.5 Å². The molecule has 0 fully saturated rings. The standard InChI is InChI=1S/C27H17ClN4O2/c1-2-16-5-3-4-6-21(16)25-23-13-19(28)9-12-22(23)24-18(14-29-25)15-30-27(32-24)31-20-10-7-17(8-11-20)26(33)34/h1,3-13,15H,14H2,(H,33,34)(H,30,31,32). The van der Waals surface area contributed by atoms with Gasteiger partial charge in [-0.15, -0.1) is 6.42 Å². The van der Waals surface area contributed by atoms with Crippen LogP contribution in [0, 0.1) is 12.3 Å². The van der Waals surface area contributed by atoms with Gasteiger partial charge < -0.3 is 10.4 Å². The molecular weight excluding hydrogens is 448 g/mol. The number of fused-ring (bicyclic) bond motifs is 3. The first-order valence-electron chi connectivity index (χ1n) is 10.4. The summed E-state index contributed by atoms with van der Waals surface area (Å²) in [4.78, 5) is 25.2. The molecule has 1 aliphatic heterocycles. The van der Waals surface area contributed by atoms with Crippen molar-refractivity contribution in [3.8, 4) is 23.6 Å². The third-order valence-corrected chi connectivity index (χ3v) is 5.72. The second-order valence-corrected chi connectivity index (χ2v) is 8.06. The van der Waals surface area contributed by atoms with Crippen LogP contribution >= 0.6 is 11.6 Å². The van der Waals surface area contributed by atoms with E-state index >= 15 is 0 Å². The number of terminal acetylenes is 1. The Morgan fingerprint density at radius 3 is 2.59 bits per heavy atom. The molecule has 4 aromatic rings. The van der Waals surface area contributed by atoms with E-state index in [9.17, 15) is 4.79 Å². The van der Waals surface area contributed by atoms with E-state index in [2.05, 4.69) is 16.2 Å². The van der Waals surface area contributed by atoms with E-state index in [1.807, 2.05) is 42.5 Å². The third-order valence-electron chi connectivity index (χ3n) is 5.49. The molecule has 6 nitrogen and oxygen atoms in total. The normalized spacial score (nSPS) is 11.9. The van der Waals surface area contributed by atoms with Gasteiger partial charge in [0.2, 0.25) is 5.95 Å². The number of carbonyl (C=O) groups is 1. The Labute approximate surface area is 201 Å². The van der Waals surface area contributed by atoms with Crippen molar-refractivity contribution in [2.45, 2.75) is 6.54 Å². The fraction of sp³-hybridized carbons (Fsp3) is 0.0370. The molecule has 0 unspecified atom stereocenters. The second kappa shape index (κ2) is 8.81. The van der Waals surface area contributed by atoms with Crippen molar-refractivity contribution < 1.29 is 9.90 Å². The Kier molecular flexibility index (Phi) is 5.54. The molecule has 1 aromatic heterocycles. The van der Waals surface area contributed by atoms with Crippen molar-refractivity contribution in [2.75, 3.05) is 5.32 Å². The molecule has 7 heteroatoms. The minimum absolute atomic E-state index is 0.205. The predicted octanol–water partition coefficient (Wildman–Crippen LogP) is 5.57. The van der Waals surface area contributed by atoms with Crippen LogP contribution in [0.15, 0.2) is 77.9 Å². The Hall–Kier alpha value is -4.47. The number of benzene rings is 3. The molecular formula is C27H17ClN4O2. The van der Waals surface area contributed by atoms with Crippen LogP contribution in [0.5, 0.6) is 0 Å². The first-order valence-corrected chi connectivity index (χ1v) is 10.8. The summed E-state index contributed by atoms with van der Waals surface area (Å²) in [5, 5.41) is 12.8. The summed E-state index contributed by atoms with van der Waals surface area (Å²) < 4.78 is 0. The smallest absolute Gasteiger partial charge is 0.335 e. The van der Waals surface area contributed by atoms with E-state index in [1.165, 1.54) is 12.1 Å². The molecule has 0 saturated carbocycles. The predicted molar refractivity (Wildman–Crippen MR) is 133 cm³/mol. The lowest BCUT2D eigenvalue weighted by Crippen LogP contribution is -2.07. The largest absolute Gasteiger partial charge is 0.478 e. The van der Waals surface area contributed by atoms with Crippen molar-refractivity contribution >= 4 is 34.9 Å². The van der Waals surface area contributed by atoms with Crippen molar-refractivity contribution in [1.29, 1.82) is 0 Å². The van der Waals surface area contributed by atoms with Gasteiger partial charge in [0.25, 0.3) is 0 Å². The number of nitrogens with one attached hydrogen (secondary N) is 1. The van der Waals surface area contributed by atoms with Crippen molar-refractivity contribution in [3.63, 3.8) is 0 Å². The Morgan fingerprint density at radius 2 is 1.82 bits per heavy atom. The van der Waals surface area contributed by atoms with E-state index in [4.69, 9.17) is 33.1 Å². The van der Waals surface area contributed by atoms with Gasteiger partial charge in [-0.3, -0.25) is 4.99 Å². The lowest BCUT2D eigenvalue weighted by atomic mass is 9.93. The minimum Gasteiger partial charge on any atom is -0.478 e. The van der Waals surface area contributed by atoms with Gasteiger partial charge in [0.1, 0.15) is 0 Å². The molecule has 0 spiro atoms. The number of aromatic nitrogens is 2. The first kappa shape index (κ1) is 21.4. The highest BCUT2D eigenvalue weighted by molar-refractivity contribution is 6.31. The first-order chi connectivity index (χ1) is 16.5. The molecule has 0 radical (unpaired) electrons. The van der Waals surface area contributed by atoms with Crippen LogP contribution in [0.25, 0.3) is 11.3 Å². The summed E-state index contributed by atoms with van der Waals surface area (Å²) in [5.74, 6) is 2.14. The van der Waals surface area contributed by atoms with Crippen LogP contribution in [0.1, 0.15) is 32.6 Å². The number of hydrogen-bond donors (Lipinski definition) is 2. The number of carboxylic acids is 1. The summed E-state index contributed by atoms with van der Waals surface area (Å²) >= 11 is 6.37. The van der Waals surface area contributed by atoms with Crippen molar-refractivity contribution in [3.05, 3.63) is 106 Å². The maximum Gasteiger partial charge on any atom is 0.335 e. The SMILES string of the molecule is C#Cc1ccccc1C1=NCc2cnc(Nc3ccc(C(=O)O)cc3)nc2-c2ccc(Cl)cc21. The monoisotopic (exact) mass is 464 g/mol. The van der Waals surface area contributed by atoms with Gasteiger partial charge in [-0.25, -0.2) is 14.8 Å². The van der Waals surface area contributed by atoms with Gasteiger partial charge in [0.15, 0.2) is 0 Å². The third kappa shape index (κ3) is 4.01. The van der Waals surface area contributed by atoms with Crippen molar-refractivity contribution in [2.24, 2.45) is 4.99 Å². The lowest BCUT2D eigenvalue weighted by Gasteiger charge is -2.13. The summed E-state index contributed by atoms with van der Waals surface area (Å²) in [6.07, 6.45) is 7.50. The molecule has 0 bridgehead atoms. The number of aliphatic imine (C=N–C) groups is 1. The number of halogens is 1. The number of aromatic carboxylic acids is 1. The highest BCUT2D eigenvalue weighted by Crippen LogP contribution is 2.34. The van der Waals surface area contributed by atoms with Crippen LogP contribution in [0.4, 0.5) is 11.6 Å². The average Bonchev–Trinajstić information content (AvgIpc) is 3.00. The molecule has 0 aliphatic carbocycles. The molecule has 0 saturated heterocycles. The van der Waals surface area contributed by atoms with Crippen LogP contribution < -0.4 is 5.32 Å².